The molecule has 17 heavy (non-hydrogen) atoms. The fourth-order valence-corrected chi connectivity index (χ4v) is 4.18. The molecule has 2 rings (SSSR count). The van der Waals surface area contributed by atoms with Crippen molar-refractivity contribution in [1.82, 2.24) is 9.91 Å². The van der Waals surface area contributed by atoms with Crippen molar-refractivity contribution in [2.24, 2.45) is 5.10 Å². The van der Waals surface area contributed by atoms with Crippen LogP contribution in [0.2, 0.25) is 0 Å². The van der Waals surface area contributed by atoms with E-state index < -0.39 is 0 Å². The summed E-state index contributed by atoms with van der Waals surface area (Å²) in [6, 6.07) is 0.554. The Bertz CT molecular complexity index is 323. The molecule has 3 nitrogen and oxygen atoms in total. The minimum atomic E-state index is 0.238. The smallest absolute Gasteiger partial charge is 0.161 e. The average molecular weight is 320 g/mol. The fourth-order valence-electron chi connectivity index (χ4n) is 2.99. The third kappa shape index (κ3) is 2.66. The number of hydrogen-bond acceptors (Lipinski definition) is 4. The maximum Gasteiger partial charge on any atom is 0.161 e. The van der Waals surface area contributed by atoms with Gasteiger partial charge in [0.1, 0.15) is 0 Å². The van der Waals surface area contributed by atoms with Crippen molar-refractivity contribution in [2.75, 3.05) is 12.9 Å². The molecule has 0 aromatic carbocycles. The van der Waals surface area contributed by atoms with Gasteiger partial charge in [0, 0.05) is 11.1 Å². The molecular weight excluding hydrogens is 298 g/mol. The van der Waals surface area contributed by atoms with Crippen molar-refractivity contribution >= 4 is 31.6 Å². The molecule has 0 amide bonds. The van der Waals surface area contributed by atoms with Gasteiger partial charge in [-0.15, -0.1) is 0 Å². The van der Waals surface area contributed by atoms with Crippen molar-refractivity contribution in [1.29, 1.82) is 0 Å². The molecule has 5 heteroatoms. The summed E-state index contributed by atoms with van der Waals surface area (Å²) >= 11 is 5.25. The summed E-state index contributed by atoms with van der Waals surface area (Å²) in [5.41, 5.74) is 0.476. The van der Waals surface area contributed by atoms with Crippen molar-refractivity contribution in [3.63, 3.8) is 0 Å². The number of hydrazone groups is 1. The predicted molar refractivity (Wildman–Crippen MR) is 79.6 cm³/mol. The maximum atomic E-state index is 4.58. The van der Waals surface area contributed by atoms with Crippen molar-refractivity contribution < 1.29 is 0 Å². The molecule has 2 aliphatic heterocycles. The predicted octanol–water partition coefficient (Wildman–Crippen LogP) is 3.31. The molecule has 0 radical (unpaired) electrons. The highest BCUT2D eigenvalue weighted by molar-refractivity contribution is 9.22. The lowest BCUT2D eigenvalue weighted by molar-refractivity contribution is -0.0427. The van der Waals surface area contributed by atoms with Gasteiger partial charge in [0.05, 0.1) is 11.9 Å². The number of rotatable bonds is 1. The quantitative estimate of drug-likeness (QED) is 0.739. The van der Waals surface area contributed by atoms with Crippen LogP contribution < -0.4 is 0 Å². The molecular formula is C12H22BrN3S. The SMILES string of the molecule is CN1C(C)(C)CC(N2CSC(Br)=N2)CC1(C)C. The van der Waals surface area contributed by atoms with Gasteiger partial charge < -0.3 is 0 Å². The first-order valence-corrected chi connectivity index (χ1v) is 7.88. The summed E-state index contributed by atoms with van der Waals surface area (Å²) < 4.78 is 1.02. The zero-order valence-corrected chi connectivity index (χ0v) is 13.7. The highest BCUT2D eigenvalue weighted by atomic mass is 79.9. The Morgan fingerprint density at radius 2 is 1.76 bits per heavy atom. The lowest BCUT2D eigenvalue weighted by Gasteiger charge is -2.54. The third-order valence-corrected chi connectivity index (χ3v) is 5.79. The summed E-state index contributed by atoms with van der Waals surface area (Å²) in [5.74, 6) is 0.987. The topological polar surface area (TPSA) is 18.8 Å². The summed E-state index contributed by atoms with van der Waals surface area (Å²) in [4.78, 5) is 2.51. The van der Waals surface area contributed by atoms with E-state index in [0.717, 1.165) is 9.83 Å². The summed E-state index contributed by atoms with van der Waals surface area (Å²) in [6.07, 6.45) is 2.36. The zero-order valence-electron chi connectivity index (χ0n) is 11.3. The lowest BCUT2D eigenvalue weighted by atomic mass is 9.77. The number of likely N-dealkylation sites (tertiary alicyclic amines) is 1. The van der Waals surface area contributed by atoms with E-state index in [0.29, 0.717) is 6.04 Å². The largest absolute Gasteiger partial charge is 0.296 e. The van der Waals surface area contributed by atoms with E-state index >= 15 is 0 Å². The zero-order chi connectivity index (χ0) is 12.8. The van der Waals surface area contributed by atoms with Crippen LogP contribution in [0, 0.1) is 0 Å². The molecule has 0 atom stereocenters. The van der Waals surface area contributed by atoms with Crippen molar-refractivity contribution in [3.8, 4) is 0 Å². The van der Waals surface area contributed by atoms with Crippen LogP contribution >= 0.6 is 27.7 Å². The van der Waals surface area contributed by atoms with Gasteiger partial charge in [-0.3, -0.25) is 9.91 Å². The number of thioether (sulfide) groups is 1. The van der Waals surface area contributed by atoms with E-state index in [1.54, 1.807) is 11.8 Å². The van der Waals surface area contributed by atoms with Crippen LogP contribution in [0.4, 0.5) is 0 Å². The van der Waals surface area contributed by atoms with Crippen LogP contribution in [-0.2, 0) is 0 Å². The van der Waals surface area contributed by atoms with Crippen LogP contribution in [0.1, 0.15) is 40.5 Å². The van der Waals surface area contributed by atoms with Crippen LogP contribution in [-0.4, -0.2) is 43.9 Å². The van der Waals surface area contributed by atoms with Crippen molar-refractivity contribution in [3.05, 3.63) is 0 Å². The summed E-state index contributed by atoms with van der Waals surface area (Å²) in [7, 11) is 2.24. The molecule has 2 heterocycles. The summed E-state index contributed by atoms with van der Waals surface area (Å²) in [5, 5.41) is 6.83. The molecule has 98 valence electrons. The van der Waals surface area contributed by atoms with E-state index in [2.05, 4.69) is 65.7 Å². The number of hydrogen-bond donors (Lipinski definition) is 0. The van der Waals surface area contributed by atoms with E-state index in [-0.39, 0.29) is 11.1 Å². The molecule has 0 aliphatic carbocycles. The van der Waals surface area contributed by atoms with E-state index in [9.17, 15) is 0 Å². The second-order valence-electron chi connectivity index (χ2n) is 6.31. The Labute approximate surface area is 117 Å². The van der Waals surface area contributed by atoms with E-state index in [4.69, 9.17) is 0 Å². The van der Waals surface area contributed by atoms with Gasteiger partial charge in [0.15, 0.2) is 3.95 Å². The Hall–Kier alpha value is 0.260. The third-order valence-electron chi connectivity index (χ3n) is 4.23. The number of halogens is 1. The van der Waals surface area contributed by atoms with Crippen LogP contribution in [0.5, 0.6) is 0 Å². The Balaban J connectivity index is 2.16. The average Bonchev–Trinajstić information content (AvgIpc) is 2.60. The van der Waals surface area contributed by atoms with Gasteiger partial charge in [-0.05, 0) is 63.5 Å². The van der Waals surface area contributed by atoms with Gasteiger partial charge in [0.25, 0.3) is 0 Å². The highest BCUT2D eigenvalue weighted by Crippen LogP contribution is 2.40. The minimum Gasteiger partial charge on any atom is -0.296 e. The Morgan fingerprint density at radius 1 is 1.24 bits per heavy atom. The van der Waals surface area contributed by atoms with Gasteiger partial charge in [-0.25, -0.2) is 0 Å². The van der Waals surface area contributed by atoms with Crippen LogP contribution in [0.3, 0.4) is 0 Å². The van der Waals surface area contributed by atoms with Crippen LogP contribution in [0.15, 0.2) is 5.10 Å². The fraction of sp³-hybridized carbons (Fsp3) is 0.917. The molecule has 1 saturated heterocycles. The Kier molecular flexibility index (Phi) is 3.56. The first-order chi connectivity index (χ1) is 7.72. The molecule has 0 unspecified atom stereocenters. The number of piperidine rings is 1. The van der Waals surface area contributed by atoms with Crippen molar-refractivity contribution in [2.45, 2.75) is 57.7 Å². The monoisotopic (exact) mass is 319 g/mol. The first-order valence-electron chi connectivity index (χ1n) is 6.10. The molecule has 0 saturated carbocycles. The number of nitrogens with zero attached hydrogens (tertiary/aromatic N) is 3. The molecule has 0 spiro atoms. The minimum absolute atomic E-state index is 0.238. The van der Waals surface area contributed by atoms with Gasteiger partial charge in [-0.2, -0.15) is 5.10 Å². The van der Waals surface area contributed by atoms with Gasteiger partial charge >= 0.3 is 0 Å². The molecule has 1 fully saturated rings. The second-order valence-corrected chi connectivity index (χ2v) is 8.52. The van der Waals surface area contributed by atoms with E-state index in [1.807, 2.05) is 0 Å². The lowest BCUT2D eigenvalue weighted by Crippen LogP contribution is -2.61. The van der Waals surface area contributed by atoms with Crippen LogP contribution in [0.25, 0.3) is 0 Å². The standard InChI is InChI=1S/C12H22BrN3S/c1-11(2)6-9(7-12(3,4)15(11)5)16-8-17-10(13)14-16/h9H,6-8H2,1-5H3. The summed E-state index contributed by atoms with van der Waals surface area (Å²) in [6.45, 7) is 9.34. The molecule has 2 aliphatic rings. The van der Waals surface area contributed by atoms with E-state index in [1.165, 1.54) is 12.8 Å². The maximum absolute atomic E-state index is 4.58. The molecule has 0 bridgehead atoms. The highest BCUT2D eigenvalue weighted by Gasteiger charge is 2.45. The molecule has 0 aromatic rings. The molecule has 0 aromatic heterocycles. The first kappa shape index (κ1) is 13.7. The van der Waals surface area contributed by atoms with Gasteiger partial charge in [-0.1, -0.05) is 11.8 Å². The Morgan fingerprint density at radius 3 is 2.18 bits per heavy atom. The second kappa shape index (κ2) is 4.42. The molecule has 0 N–H and O–H groups in total. The normalized spacial score (nSPS) is 29.5. The van der Waals surface area contributed by atoms with Gasteiger partial charge in [0.2, 0.25) is 0 Å².